The third-order valence-electron chi connectivity index (χ3n) is 3.64. The highest BCUT2D eigenvalue weighted by Crippen LogP contribution is 2.17. The molecule has 0 aliphatic carbocycles. The Bertz CT molecular complexity index is 680. The summed E-state index contributed by atoms with van der Waals surface area (Å²) in [5.41, 5.74) is 1.34. The van der Waals surface area contributed by atoms with Crippen LogP contribution in [0.3, 0.4) is 0 Å². The Morgan fingerprint density at radius 3 is 2.50 bits per heavy atom. The predicted octanol–water partition coefficient (Wildman–Crippen LogP) is 3.19. The van der Waals surface area contributed by atoms with Crippen molar-refractivity contribution in [1.82, 2.24) is 5.32 Å². The molecule has 1 aliphatic heterocycles. The van der Waals surface area contributed by atoms with Crippen molar-refractivity contribution >= 4 is 34.6 Å². The third kappa shape index (κ3) is 4.56. The van der Waals surface area contributed by atoms with E-state index in [-0.39, 0.29) is 18.0 Å². The Balaban J connectivity index is 1.46. The van der Waals surface area contributed by atoms with E-state index in [4.69, 9.17) is 4.74 Å². The van der Waals surface area contributed by atoms with E-state index in [2.05, 4.69) is 16.0 Å². The number of carbonyl (C=O) groups excluding carboxylic acids is 2. The number of carbonyl (C=O) groups is 2. The van der Waals surface area contributed by atoms with Gasteiger partial charge in [0.25, 0.3) is 5.91 Å². The second-order valence-corrected chi connectivity index (χ2v) is 6.49. The molecule has 1 aromatic heterocycles. The van der Waals surface area contributed by atoms with Crippen LogP contribution in [0.5, 0.6) is 0 Å². The van der Waals surface area contributed by atoms with Gasteiger partial charge in [-0.1, -0.05) is 6.07 Å². The van der Waals surface area contributed by atoms with Crippen molar-refractivity contribution in [3.63, 3.8) is 0 Å². The quantitative estimate of drug-likeness (QED) is 0.779. The number of nitrogens with one attached hydrogen (secondary N) is 3. The van der Waals surface area contributed by atoms with Gasteiger partial charge in [0.1, 0.15) is 6.10 Å². The molecule has 24 heavy (non-hydrogen) atoms. The summed E-state index contributed by atoms with van der Waals surface area (Å²) >= 11 is 1.60. The second kappa shape index (κ2) is 7.94. The Morgan fingerprint density at radius 2 is 1.88 bits per heavy atom. The van der Waals surface area contributed by atoms with E-state index >= 15 is 0 Å². The fourth-order valence-corrected chi connectivity index (χ4v) is 3.04. The highest BCUT2D eigenvalue weighted by atomic mass is 32.1. The van der Waals surface area contributed by atoms with E-state index in [1.807, 2.05) is 17.5 Å². The molecule has 1 atom stereocenters. The average molecular weight is 345 g/mol. The third-order valence-corrected chi connectivity index (χ3v) is 4.51. The monoisotopic (exact) mass is 345 g/mol. The normalized spacial score (nSPS) is 16.6. The molecule has 1 aromatic carbocycles. The van der Waals surface area contributed by atoms with Gasteiger partial charge in [0, 0.05) is 22.9 Å². The number of thiophene rings is 1. The van der Waals surface area contributed by atoms with Gasteiger partial charge in [-0.2, -0.15) is 0 Å². The molecule has 1 fully saturated rings. The van der Waals surface area contributed by atoms with Crippen LogP contribution in [0.15, 0.2) is 41.8 Å². The van der Waals surface area contributed by atoms with E-state index in [9.17, 15) is 9.59 Å². The Morgan fingerprint density at radius 1 is 1.12 bits per heavy atom. The minimum absolute atomic E-state index is 0.123. The number of amides is 3. The summed E-state index contributed by atoms with van der Waals surface area (Å²) in [6, 6.07) is 10.6. The molecule has 1 aliphatic rings. The Kier molecular flexibility index (Phi) is 5.45. The molecule has 126 valence electrons. The number of hydrogen-bond acceptors (Lipinski definition) is 4. The molecular formula is C17H19N3O3S. The molecule has 3 amide bonds. The summed E-state index contributed by atoms with van der Waals surface area (Å²) < 4.78 is 5.34. The van der Waals surface area contributed by atoms with Crippen LogP contribution in [0.1, 0.15) is 17.7 Å². The van der Waals surface area contributed by atoms with Crippen molar-refractivity contribution in [2.75, 3.05) is 17.2 Å². The number of anilines is 2. The molecule has 0 bridgehead atoms. The molecule has 2 aromatic rings. The maximum absolute atomic E-state index is 12.0. The number of rotatable bonds is 5. The minimum atomic E-state index is -0.356. The van der Waals surface area contributed by atoms with E-state index < -0.39 is 0 Å². The molecule has 2 heterocycles. The van der Waals surface area contributed by atoms with Crippen LogP contribution in [-0.4, -0.2) is 24.6 Å². The summed E-state index contributed by atoms with van der Waals surface area (Å²) in [7, 11) is 0. The van der Waals surface area contributed by atoms with Crippen LogP contribution in [-0.2, 0) is 16.1 Å². The fraction of sp³-hybridized carbons (Fsp3) is 0.294. The summed E-state index contributed by atoms with van der Waals surface area (Å²) in [5.74, 6) is -0.123. The summed E-state index contributed by atoms with van der Waals surface area (Å²) in [5, 5.41) is 10.3. The predicted molar refractivity (Wildman–Crippen MR) is 94.2 cm³/mol. The van der Waals surface area contributed by atoms with Crippen LogP contribution in [0.4, 0.5) is 16.2 Å². The van der Waals surface area contributed by atoms with Crippen LogP contribution in [0.25, 0.3) is 0 Å². The minimum Gasteiger partial charge on any atom is -0.368 e. The van der Waals surface area contributed by atoms with Crippen LogP contribution in [0, 0.1) is 0 Å². The van der Waals surface area contributed by atoms with E-state index in [1.54, 1.807) is 35.6 Å². The van der Waals surface area contributed by atoms with Gasteiger partial charge >= 0.3 is 6.03 Å². The van der Waals surface area contributed by atoms with Crippen LogP contribution < -0.4 is 16.0 Å². The summed E-state index contributed by atoms with van der Waals surface area (Å²) in [6.07, 6.45) is 1.32. The second-order valence-electron chi connectivity index (χ2n) is 5.46. The van der Waals surface area contributed by atoms with Crippen LogP contribution >= 0.6 is 11.3 Å². The van der Waals surface area contributed by atoms with Crippen molar-refractivity contribution < 1.29 is 14.3 Å². The SMILES string of the molecule is O=C(NCc1cccs1)Nc1ccc(NC(=O)[C@H]2CCCO2)cc1. The molecule has 1 saturated heterocycles. The molecule has 3 N–H and O–H groups in total. The molecular weight excluding hydrogens is 326 g/mol. The molecule has 0 spiro atoms. The van der Waals surface area contributed by atoms with Crippen LogP contribution in [0.2, 0.25) is 0 Å². The number of ether oxygens (including phenoxy) is 1. The van der Waals surface area contributed by atoms with E-state index in [0.717, 1.165) is 17.7 Å². The van der Waals surface area contributed by atoms with Crippen molar-refractivity contribution in [2.24, 2.45) is 0 Å². The Labute approximate surface area is 144 Å². The van der Waals surface area contributed by atoms with E-state index in [1.165, 1.54) is 0 Å². The lowest BCUT2D eigenvalue weighted by Crippen LogP contribution is -2.28. The van der Waals surface area contributed by atoms with E-state index in [0.29, 0.717) is 24.5 Å². The van der Waals surface area contributed by atoms with Crippen molar-refractivity contribution in [1.29, 1.82) is 0 Å². The lowest BCUT2D eigenvalue weighted by molar-refractivity contribution is -0.124. The van der Waals surface area contributed by atoms with Gasteiger partial charge in [-0.3, -0.25) is 4.79 Å². The lowest BCUT2D eigenvalue weighted by atomic mass is 10.2. The maximum Gasteiger partial charge on any atom is 0.319 e. The van der Waals surface area contributed by atoms with Gasteiger partial charge < -0.3 is 20.7 Å². The largest absolute Gasteiger partial charge is 0.368 e. The highest BCUT2D eigenvalue weighted by Gasteiger charge is 2.23. The van der Waals surface area contributed by atoms with Gasteiger partial charge in [0.05, 0.1) is 6.54 Å². The molecule has 0 unspecified atom stereocenters. The first kappa shape index (κ1) is 16.5. The number of urea groups is 1. The van der Waals surface area contributed by atoms with Crippen molar-refractivity contribution in [2.45, 2.75) is 25.5 Å². The first-order chi connectivity index (χ1) is 11.7. The summed E-state index contributed by atoms with van der Waals surface area (Å²) in [6.45, 7) is 1.14. The first-order valence-corrected chi connectivity index (χ1v) is 8.68. The average Bonchev–Trinajstić information content (AvgIpc) is 3.28. The molecule has 7 heteroatoms. The smallest absolute Gasteiger partial charge is 0.319 e. The number of hydrogen-bond donors (Lipinski definition) is 3. The van der Waals surface area contributed by atoms with Gasteiger partial charge in [-0.25, -0.2) is 4.79 Å². The lowest BCUT2D eigenvalue weighted by Gasteiger charge is -2.11. The fourth-order valence-electron chi connectivity index (χ4n) is 2.40. The van der Waals surface area contributed by atoms with Gasteiger partial charge in [-0.15, -0.1) is 11.3 Å². The molecule has 0 saturated carbocycles. The Hall–Kier alpha value is -2.38. The van der Waals surface area contributed by atoms with Crippen molar-refractivity contribution in [3.8, 4) is 0 Å². The molecule has 6 nitrogen and oxygen atoms in total. The molecule has 3 rings (SSSR count). The van der Waals surface area contributed by atoms with Gasteiger partial charge in [0.2, 0.25) is 0 Å². The highest BCUT2D eigenvalue weighted by molar-refractivity contribution is 7.09. The first-order valence-electron chi connectivity index (χ1n) is 7.80. The maximum atomic E-state index is 12.0. The van der Waals surface area contributed by atoms with Crippen molar-refractivity contribution in [3.05, 3.63) is 46.7 Å². The zero-order valence-electron chi connectivity index (χ0n) is 13.1. The zero-order valence-corrected chi connectivity index (χ0v) is 13.9. The van der Waals surface area contributed by atoms with Gasteiger partial charge in [0.15, 0.2) is 0 Å². The zero-order chi connectivity index (χ0) is 16.8. The standard InChI is InChI=1S/C17H19N3O3S/c21-16(15-4-1-9-23-15)19-12-5-7-13(8-6-12)20-17(22)18-11-14-3-2-10-24-14/h2-3,5-8,10,15H,1,4,9,11H2,(H,19,21)(H2,18,20,22)/t15-/m1/s1. The summed E-state index contributed by atoms with van der Waals surface area (Å²) in [4.78, 5) is 24.9. The topological polar surface area (TPSA) is 79.5 Å². The van der Waals surface area contributed by atoms with Gasteiger partial charge in [-0.05, 0) is 48.6 Å². The number of benzene rings is 1. The molecule has 0 radical (unpaired) electrons.